The average Bonchev–Trinajstić information content (AvgIpc) is 2.65. The van der Waals surface area contributed by atoms with Gasteiger partial charge in [0.2, 0.25) is 5.78 Å². The lowest BCUT2D eigenvalue weighted by atomic mass is 10.1. The third-order valence-electron chi connectivity index (χ3n) is 5.01. The van der Waals surface area contributed by atoms with Crippen molar-refractivity contribution in [1.29, 1.82) is 0 Å². The van der Waals surface area contributed by atoms with Gasteiger partial charge in [-0.05, 0) is 66.5 Å². The number of ether oxygens (including phenoxy) is 2. The number of Topliss-reactive ketones (excluding diaryl/α,β-unsaturated/α-hetero) is 1. The summed E-state index contributed by atoms with van der Waals surface area (Å²) < 4.78 is 16.9. The highest BCUT2D eigenvalue weighted by molar-refractivity contribution is 6.74. The van der Waals surface area contributed by atoms with Crippen molar-refractivity contribution in [3.8, 4) is 29.1 Å². The number of hydrogen-bond donors (Lipinski definition) is 0. The average molecular weight is 397 g/mol. The number of benzene rings is 2. The predicted octanol–water partition coefficient (Wildman–Crippen LogP) is 5.32. The van der Waals surface area contributed by atoms with Crippen molar-refractivity contribution in [3.63, 3.8) is 0 Å². The van der Waals surface area contributed by atoms with Crippen LogP contribution in [0, 0.1) is 11.8 Å². The Balaban J connectivity index is 2.22. The van der Waals surface area contributed by atoms with E-state index >= 15 is 0 Å². The molecule has 0 bridgehead atoms. The van der Waals surface area contributed by atoms with Crippen LogP contribution in [-0.2, 0) is 0 Å². The summed E-state index contributed by atoms with van der Waals surface area (Å²) in [4.78, 5) is 12.3. The molecule has 148 valence electrons. The summed E-state index contributed by atoms with van der Waals surface area (Å²) in [5.41, 5.74) is 1.22. The zero-order chi connectivity index (χ0) is 20.9. The summed E-state index contributed by atoms with van der Waals surface area (Å²) in [6.07, 6.45) is 0. The van der Waals surface area contributed by atoms with E-state index in [1.54, 1.807) is 44.6 Å². The lowest BCUT2D eigenvalue weighted by Crippen LogP contribution is -2.43. The van der Waals surface area contributed by atoms with Gasteiger partial charge in [-0.25, -0.2) is 0 Å². The van der Waals surface area contributed by atoms with E-state index in [9.17, 15) is 4.79 Å². The Morgan fingerprint density at radius 3 is 2.11 bits per heavy atom. The molecular weight excluding hydrogens is 368 g/mol. The Morgan fingerprint density at radius 2 is 1.57 bits per heavy atom. The molecule has 2 aromatic rings. The van der Waals surface area contributed by atoms with Gasteiger partial charge in [-0.15, -0.1) is 0 Å². The predicted molar refractivity (Wildman–Crippen MR) is 115 cm³/mol. The molecule has 0 spiro atoms. The van der Waals surface area contributed by atoms with E-state index in [4.69, 9.17) is 13.9 Å². The Hall–Kier alpha value is -2.71. The Bertz CT molecular complexity index is 897. The van der Waals surface area contributed by atoms with Crippen LogP contribution in [0.1, 0.15) is 36.7 Å². The van der Waals surface area contributed by atoms with Crippen molar-refractivity contribution in [3.05, 3.63) is 53.6 Å². The minimum absolute atomic E-state index is 0.0846. The first-order valence-corrected chi connectivity index (χ1v) is 12.1. The van der Waals surface area contributed by atoms with Crippen molar-refractivity contribution in [1.82, 2.24) is 0 Å². The van der Waals surface area contributed by atoms with Gasteiger partial charge in [-0.1, -0.05) is 26.7 Å². The van der Waals surface area contributed by atoms with Gasteiger partial charge in [0.05, 0.1) is 14.2 Å². The van der Waals surface area contributed by atoms with Crippen molar-refractivity contribution in [2.75, 3.05) is 14.2 Å². The molecule has 0 atom stereocenters. The molecule has 4 nitrogen and oxygen atoms in total. The highest BCUT2D eigenvalue weighted by Gasteiger charge is 2.39. The molecular formula is C23H28O4Si. The maximum Gasteiger partial charge on any atom is 0.250 e. The molecule has 0 unspecified atom stereocenters. The molecule has 0 saturated heterocycles. The van der Waals surface area contributed by atoms with E-state index in [0.717, 1.165) is 0 Å². The summed E-state index contributed by atoms with van der Waals surface area (Å²) in [5.74, 6) is 7.37. The summed E-state index contributed by atoms with van der Waals surface area (Å²) >= 11 is 0. The molecule has 0 radical (unpaired) electrons. The summed E-state index contributed by atoms with van der Waals surface area (Å²) in [6.45, 7) is 10.9. The first-order valence-electron chi connectivity index (χ1n) is 9.15. The van der Waals surface area contributed by atoms with E-state index < -0.39 is 8.32 Å². The van der Waals surface area contributed by atoms with Crippen LogP contribution in [-0.4, -0.2) is 28.3 Å². The maximum atomic E-state index is 12.3. The fourth-order valence-corrected chi connectivity index (χ4v) is 3.23. The molecule has 0 saturated carbocycles. The Labute approximate surface area is 169 Å². The zero-order valence-electron chi connectivity index (χ0n) is 17.7. The van der Waals surface area contributed by atoms with Crippen LogP contribution in [0.5, 0.6) is 17.2 Å². The molecule has 2 aromatic carbocycles. The number of carbonyl (C=O) groups is 1. The molecule has 5 heteroatoms. The SMILES string of the molecule is COc1ccc(C(=O)C#Cc2ccc(O[Si](C)(C)C(C)(C)C)c(OC)c2)cc1. The third kappa shape index (κ3) is 5.17. The zero-order valence-corrected chi connectivity index (χ0v) is 18.7. The molecule has 0 aromatic heterocycles. The standard InChI is InChI=1S/C23H28O4Si/c1-23(2,3)28(6,7)27-21-15-9-17(16-22(21)26-5)8-14-20(24)18-10-12-19(25-4)13-11-18/h9-13,15-16H,1-7H3. The second kappa shape index (κ2) is 8.53. The fourth-order valence-electron chi connectivity index (χ4n) is 2.20. The molecule has 0 aliphatic heterocycles. The highest BCUT2D eigenvalue weighted by Crippen LogP contribution is 2.40. The molecule has 0 aliphatic rings. The minimum atomic E-state index is -1.98. The van der Waals surface area contributed by atoms with Crippen LogP contribution >= 0.6 is 0 Å². The Morgan fingerprint density at radius 1 is 0.929 bits per heavy atom. The van der Waals surface area contributed by atoms with Crippen molar-refractivity contribution in [2.45, 2.75) is 38.9 Å². The van der Waals surface area contributed by atoms with Gasteiger partial charge < -0.3 is 13.9 Å². The van der Waals surface area contributed by atoms with Crippen LogP contribution in [0.3, 0.4) is 0 Å². The number of methoxy groups -OCH3 is 2. The van der Waals surface area contributed by atoms with Gasteiger partial charge in [0.25, 0.3) is 8.32 Å². The van der Waals surface area contributed by atoms with E-state index in [-0.39, 0.29) is 10.8 Å². The van der Waals surface area contributed by atoms with E-state index in [0.29, 0.717) is 28.4 Å². The molecule has 28 heavy (non-hydrogen) atoms. The fraction of sp³-hybridized carbons (Fsp3) is 0.348. The van der Waals surface area contributed by atoms with Crippen molar-refractivity contribution < 1.29 is 18.7 Å². The monoisotopic (exact) mass is 396 g/mol. The third-order valence-corrected chi connectivity index (χ3v) is 9.35. The largest absolute Gasteiger partial charge is 0.541 e. The summed E-state index contributed by atoms with van der Waals surface area (Å²) in [5, 5.41) is 0.0846. The first-order chi connectivity index (χ1) is 13.1. The van der Waals surface area contributed by atoms with Crippen molar-refractivity contribution in [2.24, 2.45) is 0 Å². The second-order valence-corrected chi connectivity index (χ2v) is 12.8. The van der Waals surface area contributed by atoms with E-state index in [2.05, 4.69) is 45.7 Å². The maximum absolute atomic E-state index is 12.3. The normalized spacial score (nSPS) is 11.2. The summed E-state index contributed by atoms with van der Waals surface area (Å²) in [6, 6.07) is 12.4. The first kappa shape index (κ1) is 21.6. The number of rotatable bonds is 5. The van der Waals surface area contributed by atoms with Crippen LogP contribution in [0.4, 0.5) is 0 Å². The number of carbonyl (C=O) groups excluding carboxylic acids is 1. The molecule has 0 N–H and O–H groups in total. The van der Waals surface area contributed by atoms with Crippen LogP contribution in [0.2, 0.25) is 18.1 Å². The molecule has 2 rings (SSSR count). The van der Waals surface area contributed by atoms with Gasteiger partial charge in [-0.3, -0.25) is 4.79 Å². The minimum Gasteiger partial charge on any atom is -0.541 e. The smallest absolute Gasteiger partial charge is 0.250 e. The molecule has 0 amide bonds. The summed E-state index contributed by atoms with van der Waals surface area (Å²) in [7, 11) is 1.21. The van der Waals surface area contributed by atoms with Gasteiger partial charge in [0.15, 0.2) is 5.75 Å². The topological polar surface area (TPSA) is 44.8 Å². The van der Waals surface area contributed by atoms with E-state index in [1.807, 2.05) is 12.1 Å². The molecule has 0 aliphatic carbocycles. The Kier molecular flexibility index (Phi) is 6.58. The van der Waals surface area contributed by atoms with Gasteiger partial charge in [0.1, 0.15) is 11.5 Å². The van der Waals surface area contributed by atoms with Gasteiger partial charge >= 0.3 is 0 Å². The quantitative estimate of drug-likeness (QED) is 0.390. The highest BCUT2D eigenvalue weighted by atomic mass is 28.4. The van der Waals surface area contributed by atoms with Gasteiger partial charge in [0, 0.05) is 11.1 Å². The van der Waals surface area contributed by atoms with Crippen LogP contribution < -0.4 is 13.9 Å². The second-order valence-electron chi connectivity index (χ2n) is 8.04. The number of hydrogen-bond acceptors (Lipinski definition) is 4. The van der Waals surface area contributed by atoms with Gasteiger partial charge in [-0.2, -0.15) is 0 Å². The lowest BCUT2D eigenvalue weighted by Gasteiger charge is -2.36. The van der Waals surface area contributed by atoms with Crippen molar-refractivity contribution >= 4 is 14.1 Å². The number of ketones is 1. The van der Waals surface area contributed by atoms with Crippen LogP contribution in [0.25, 0.3) is 0 Å². The molecule has 0 heterocycles. The van der Waals surface area contributed by atoms with E-state index in [1.165, 1.54) is 0 Å². The lowest BCUT2D eigenvalue weighted by molar-refractivity contribution is 0.105. The molecule has 0 fully saturated rings. The van der Waals surface area contributed by atoms with Crippen LogP contribution in [0.15, 0.2) is 42.5 Å².